The molecule has 0 aromatic heterocycles. The van der Waals surface area contributed by atoms with Crippen molar-refractivity contribution in [3.05, 3.63) is 0 Å². The second-order valence-corrected chi connectivity index (χ2v) is 5.40. The van der Waals surface area contributed by atoms with Gasteiger partial charge in [-0.1, -0.05) is 27.7 Å². The van der Waals surface area contributed by atoms with Crippen LogP contribution in [0.3, 0.4) is 0 Å². The first kappa shape index (κ1) is 15.7. The van der Waals surface area contributed by atoms with Gasteiger partial charge in [-0.05, 0) is 17.8 Å². The van der Waals surface area contributed by atoms with Crippen molar-refractivity contribution < 1.29 is 14.7 Å². The number of carboxylic acids is 1. The predicted molar refractivity (Wildman–Crippen MR) is 66.9 cm³/mol. The minimum atomic E-state index is -0.839. The van der Waals surface area contributed by atoms with Gasteiger partial charge in [-0.15, -0.1) is 0 Å². The zero-order valence-electron chi connectivity index (χ0n) is 11.2. The van der Waals surface area contributed by atoms with E-state index in [2.05, 4.69) is 38.3 Å². The molecular formula is C12H24N2O3. The maximum Gasteiger partial charge on any atom is 0.314 e. The minimum absolute atomic E-state index is 0.0820. The summed E-state index contributed by atoms with van der Waals surface area (Å²) in [5.41, 5.74) is 0.163. The molecule has 0 spiro atoms. The van der Waals surface area contributed by atoms with Crippen LogP contribution in [0.2, 0.25) is 0 Å². The predicted octanol–water partition coefficient (Wildman–Crippen LogP) is 1.83. The summed E-state index contributed by atoms with van der Waals surface area (Å²) in [6.45, 7) is 9.49. The van der Waals surface area contributed by atoms with Gasteiger partial charge in [-0.3, -0.25) is 4.79 Å². The molecule has 0 fully saturated rings. The van der Waals surface area contributed by atoms with Gasteiger partial charge in [0.1, 0.15) is 0 Å². The van der Waals surface area contributed by atoms with Crippen molar-refractivity contribution in [2.75, 3.05) is 13.1 Å². The number of carbonyl (C=O) groups excluding carboxylic acids is 1. The minimum Gasteiger partial charge on any atom is -0.481 e. The Morgan fingerprint density at radius 3 is 2.29 bits per heavy atom. The van der Waals surface area contributed by atoms with Gasteiger partial charge in [-0.2, -0.15) is 0 Å². The van der Waals surface area contributed by atoms with Crippen LogP contribution in [-0.2, 0) is 4.79 Å². The van der Waals surface area contributed by atoms with Crippen molar-refractivity contribution in [1.29, 1.82) is 0 Å². The van der Waals surface area contributed by atoms with Gasteiger partial charge in [0.15, 0.2) is 0 Å². The van der Waals surface area contributed by atoms with Crippen LogP contribution >= 0.6 is 0 Å². The van der Waals surface area contributed by atoms with E-state index in [1.54, 1.807) is 0 Å². The fourth-order valence-electron chi connectivity index (χ4n) is 1.06. The highest BCUT2D eigenvalue weighted by Gasteiger charge is 2.20. The Morgan fingerprint density at radius 1 is 1.24 bits per heavy atom. The number of aliphatic carboxylic acids is 1. The number of hydrogen-bond donors (Lipinski definition) is 3. The van der Waals surface area contributed by atoms with Crippen LogP contribution < -0.4 is 10.6 Å². The van der Waals surface area contributed by atoms with E-state index < -0.39 is 5.97 Å². The average Bonchev–Trinajstić information content (AvgIpc) is 2.19. The molecule has 5 nitrogen and oxygen atoms in total. The fraction of sp³-hybridized carbons (Fsp3) is 0.833. The number of hydrogen-bond acceptors (Lipinski definition) is 2. The molecule has 5 heteroatoms. The number of rotatable bonds is 6. The van der Waals surface area contributed by atoms with Crippen LogP contribution in [0, 0.1) is 11.3 Å². The molecule has 3 N–H and O–H groups in total. The SMILES string of the molecule is CC(CNC(=O)NCCCC(=O)O)C(C)(C)C. The standard InChI is InChI=1S/C12H24N2O3/c1-9(12(2,3)4)8-14-11(17)13-7-5-6-10(15)16/h9H,5-8H2,1-4H3,(H,15,16)(H2,13,14,17). The van der Waals surface area contributed by atoms with Gasteiger partial charge in [-0.25, -0.2) is 4.79 Å². The van der Waals surface area contributed by atoms with Gasteiger partial charge in [0.05, 0.1) is 0 Å². The number of carboxylic acid groups (broad SMARTS) is 1. The van der Waals surface area contributed by atoms with Crippen molar-refractivity contribution in [2.45, 2.75) is 40.5 Å². The third-order valence-electron chi connectivity index (χ3n) is 2.90. The Bertz CT molecular complexity index is 259. The Morgan fingerprint density at radius 2 is 1.82 bits per heavy atom. The lowest BCUT2D eigenvalue weighted by molar-refractivity contribution is -0.137. The third kappa shape index (κ3) is 8.54. The Hall–Kier alpha value is -1.26. The number of urea groups is 1. The maximum absolute atomic E-state index is 11.3. The van der Waals surface area contributed by atoms with Crippen LogP contribution in [-0.4, -0.2) is 30.2 Å². The molecule has 1 atom stereocenters. The van der Waals surface area contributed by atoms with Gasteiger partial charge in [0.2, 0.25) is 0 Å². The zero-order chi connectivity index (χ0) is 13.5. The van der Waals surface area contributed by atoms with E-state index in [0.29, 0.717) is 25.4 Å². The molecule has 100 valence electrons. The van der Waals surface area contributed by atoms with Crippen molar-refractivity contribution >= 4 is 12.0 Å². The molecule has 0 heterocycles. The Kier molecular flexibility index (Phi) is 6.61. The maximum atomic E-state index is 11.3. The summed E-state index contributed by atoms with van der Waals surface area (Å²) < 4.78 is 0. The second kappa shape index (κ2) is 7.14. The van der Waals surface area contributed by atoms with E-state index in [4.69, 9.17) is 5.11 Å². The zero-order valence-corrected chi connectivity index (χ0v) is 11.2. The summed E-state index contributed by atoms with van der Waals surface area (Å²) >= 11 is 0. The van der Waals surface area contributed by atoms with Crippen LogP contribution in [0.4, 0.5) is 4.79 Å². The average molecular weight is 244 g/mol. The molecule has 17 heavy (non-hydrogen) atoms. The summed E-state index contributed by atoms with van der Waals surface area (Å²) in [5.74, 6) is -0.458. The van der Waals surface area contributed by atoms with E-state index in [1.165, 1.54) is 0 Å². The molecule has 0 aromatic carbocycles. The summed E-state index contributed by atoms with van der Waals surface area (Å²) in [6, 6.07) is -0.230. The lowest BCUT2D eigenvalue weighted by atomic mass is 9.82. The van der Waals surface area contributed by atoms with E-state index in [1.807, 2.05) is 0 Å². The highest BCUT2D eigenvalue weighted by Crippen LogP contribution is 2.24. The molecule has 0 saturated carbocycles. The molecule has 0 saturated heterocycles. The third-order valence-corrected chi connectivity index (χ3v) is 2.90. The molecule has 0 aliphatic carbocycles. The number of carbonyl (C=O) groups is 2. The topological polar surface area (TPSA) is 78.4 Å². The molecule has 0 aromatic rings. The molecule has 0 aliphatic rings. The Balaban J connectivity index is 3.63. The number of nitrogens with one attached hydrogen (secondary N) is 2. The first-order chi connectivity index (χ1) is 7.73. The molecule has 0 aliphatic heterocycles. The normalized spacial score (nSPS) is 12.9. The summed E-state index contributed by atoms with van der Waals surface area (Å²) in [4.78, 5) is 21.6. The van der Waals surface area contributed by atoms with Gasteiger partial charge in [0.25, 0.3) is 0 Å². The van der Waals surface area contributed by atoms with Crippen LogP contribution in [0.15, 0.2) is 0 Å². The van der Waals surface area contributed by atoms with E-state index in [0.717, 1.165) is 0 Å². The van der Waals surface area contributed by atoms with Crippen LogP contribution in [0.5, 0.6) is 0 Å². The van der Waals surface area contributed by atoms with E-state index in [-0.39, 0.29) is 17.9 Å². The van der Waals surface area contributed by atoms with Crippen LogP contribution in [0.25, 0.3) is 0 Å². The fourth-order valence-corrected chi connectivity index (χ4v) is 1.06. The lowest BCUT2D eigenvalue weighted by Gasteiger charge is -2.27. The summed E-state index contributed by atoms with van der Waals surface area (Å²) in [7, 11) is 0. The highest BCUT2D eigenvalue weighted by molar-refractivity contribution is 5.73. The van der Waals surface area contributed by atoms with Crippen LogP contribution in [0.1, 0.15) is 40.5 Å². The van der Waals surface area contributed by atoms with Gasteiger partial charge >= 0.3 is 12.0 Å². The molecule has 0 bridgehead atoms. The first-order valence-corrected chi connectivity index (χ1v) is 5.97. The summed E-state index contributed by atoms with van der Waals surface area (Å²) in [6.07, 6.45) is 0.538. The van der Waals surface area contributed by atoms with Crippen molar-refractivity contribution in [2.24, 2.45) is 11.3 Å². The molecule has 0 rings (SSSR count). The first-order valence-electron chi connectivity index (χ1n) is 5.97. The van der Waals surface area contributed by atoms with Gasteiger partial charge in [0, 0.05) is 19.5 Å². The highest BCUT2D eigenvalue weighted by atomic mass is 16.4. The lowest BCUT2D eigenvalue weighted by Crippen LogP contribution is -2.40. The van der Waals surface area contributed by atoms with Crippen molar-refractivity contribution in [3.8, 4) is 0 Å². The Labute approximate surface area is 103 Å². The summed E-state index contributed by atoms with van der Waals surface area (Å²) in [5, 5.41) is 13.8. The van der Waals surface area contributed by atoms with E-state index in [9.17, 15) is 9.59 Å². The molecule has 1 unspecified atom stereocenters. The van der Waals surface area contributed by atoms with Gasteiger partial charge < -0.3 is 15.7 Å². The molecular weight excluding hydrogens is 220 g/mol. The van der Waals surface area contributed by atoms with Crippen molar-refractivity contribution in [1.82, 2.24) is 10.6 Å². The molecule has 0 radical (unpaired) electrons. The monoisotopic (exact) mass is 244 g/mol. The second-order valence-electron chi connectivity index (χ2n) is 5.40. The van der Waals surface area contributed by atoms with E-state index >= 15 is 0 Å². The smallest absolute Gasteiger partial charge is 0.314 e. The number of amides is 2. The quantitative estimate of drug-likeness (QED) is 0.624. The van der Waals surface area contributed by atoms with Crippen molar-refractivity contribution in [3.63, 3.8) is 0 Å². The largest absolute Gasteiger partial charge is 0.481 e. The molecule has 2 amide bonds.